The summed E-state index contributed by atoms with van der Waals surface area (Å²) in [5.41, 5.74) is 5.57. The molecule has 2 N–H and O–H groups in total. The van der Waals surface area contributed by atoms with Gasteiger partial charge in [-0.3, -0.25) is 4.99 Å². The van der Waals surface area contributed by atoms with Crippen molar-refractivity contribution in [3.05, 3.63) is 0 Å². The van der Waals surface area contributed by atoms with E-state index in [1.54, 1.807) is 0 Å². The molecule has 0 aromatic heterocycles. The summed E-state index contributed by atoms with van der Waals surface area (Å²) < 4.78 is 0. The van der Waals surface area contributed by atoms with Crippen LogP contribution in [0.2, 0.25) is 0 Å². The first kappa shape index (κ1) is 8.47. The topological polar surface area (TPSA) is 38.4 Å². The maximum absolute atomic E-state index is 5.57. The highest BCUT2D eigenvalue weighted by Gasteiger charge is 1.98. The van der Waals surface area contributed by atoms with E-state index in [1.165, 1.54) is 0 Å². The molecule has 0 saturated heterocycles. The van der Waals surface area contributed by atoms with Gasteiger partial charge in [-0.15, -0.1) is 0 Å². The number of nitrogens with zero attached hydrogens (tertiary/aromatic N) is 1. The zero-order chi connectivity index (χ0) is 7.44. The molecule has 2 nitrogen and oxygen atoms in total. The van der Waals surface area contributed by atoms with Crippen molar-refractivity contribution in [1.82, 2.24) is 0 Å². The van der Waals surface area contributed by atoms with Crippen molar-refractivity contribution in [3.63, 3.8) is 0 Å². The molecule has 0 rings (SSSR count). The zero-order valence-electron chi connectivity index (χ0n) is 6.68. The van der Waals surface area contributed by atoms with Crippen molar-refractivity contribution < 1.29 is 0 Å². The number of rotatable bonds is 2. The fourth-order valence-electron chi connectivity index (χ4n) is 0.447. The van der Waals surface area contributed by atoms with E-state index in [4.69, 9.17) is 5.73 Å². The highest BCUT2D eigenvalue weighted by molar-refractivity contribution is 5.82. The van der Waals surface area contributed by atoms with Gasteiger partial charge in [-0.05, 0) is 13.8 Å². The summed E-state index contributed by atoms with van der Waals surface area (Å²) in [5, 5.41) is 0. The summed E-state index contributed by atoms with van der Waals surface area (Å²) in [6.45, 7) is 8.13. The van der Waals surface area contributed by atoms with Gasteiger partial charge in [-0.25, -0.2) is 0 Å². The molecule has 0 atom stereocenters. The fourth-order valence-corrected chi connectivity index (χ4v) is 0.447. The highest BCUT2D eigenvalue weighted by Crippen LogP contribution is 1.94. The molecule has 0 spiro atoms. The van der Waals surface area contributed by atoms with Gasteiger partial charge < -0.3 is 5.73 Å². The average molecular weight is 128 g/mol. The van der Waals surface area contributed by atoms with Crippen LogP contribution in [0.3, 0.4) is 0 Å². The molecule has 2 heteroatoms. The van der Waals surface area contributed by atoms with E-state index in [0.717, 1.165) is 5.84 Å². The average Bonchev–Trinajstić information content (AvgIpc) is 1.63. The minimum atomic E-state index is 0.326. The Morgan fingerprint density at radius 3 is 1.78 bits per heavy atom. The van der Waals surface area contributed by atoms with Gasteiger partial charge in [0.1, 0.15) is 0 Å². The molecule has 0 saturated carbocycles. The molecule has 0 aliphatic rings. The Morgan fingerprint density at radius 1 is 1.22 bits per heavy atom. The Morgan fingerprint density at radius 2 is 1.67 bits per heavy atom. The summed E-state index contributed by atoms with van der Waals surface area (Å²) >= 11 is 0. The first-order chi connectivity index (χ1) is 4.04. The minimum absolute atomic E-state index is 0.326. The van der Waals surface area contributed by atoms with Gasteiger partial charge >= 0.3 is 0 Å². The molecule has 0 aliphatic heterocycles. The van der Waals surface area contributed by atoms with Crippen LogP contribution < -0.4 is 5.73 Å². The van der Waals surface area contributed by atoms with E-state index in [1.807, 2.05) is 27.7 Å². The van der Waals surface area contributed by atoms with Crippen LogP contribution in [-0.2, 0) is 0 Å². The van der Waals surface area contributed by atoms with Crippen molar-refractivity contribution in [2.24, 2.45) is 16.6 Å². The maximum Gasteiger partial charge on any atom is 0.0966 e. The van der Waals surface area contributed by atoms with Crippen LogP contribution in [0.1, 0.15) is 27.7 Å². The number of hydrogen-bond donors (Lipinski definition) is 1. The Labute approximate surface area is 57.2 Å². The lowest BCUT2D eigenvalue weighted by Crippen LogP contribution is -2.20. The van der Waals surface area contributed by atoms with Crippen LogP contribution in [0.5, 0.6) is 0 Å². The molecular formula is C7H16N2. The number of hydrogen-bond acceptors (Lipinski definition) is 1. The Hall–Kier alpha value is -0.530. The summed E-state index contributed by atoms with van der Waals surface area (Å²) in [6, 6.07) is 0.326. The second-order valence-electron chi connectivity index (χ2n) is 2.80. The van der Waals surface area contributed by atoms with Gasteiger partial charge in [0.05, 0.1) is 5.84 Å². The van der Waals surface area contributed by atoms with E-state index in [-0.39, 0.29) is 0 Å². The molecule has 9 heavy (non-hydrogen) atoms. The fraction of sp³-hybridized carbons (Fsp3) is 0.857. The van der Waals surface area contributed by atoms with Crippen molar-refractivity contribution in [2.45, 2.75) is 33.7 Å². The smallest absolute Gasteiger partial charge is 0.0966 e. The summed E-state index contributed by atoms with van der Waals surface area (Å²) in [4.78, 5) is 4.17. The lowest BCUT2D eigenvalue weighted by Gasteiger charge is -2.04. The van der Waals surface area contributed by atoms with E-state index >= 15 is 0 Å². The van der Waals surface area contributed by atoms with Crippen LogP contribution >= 0.6 is 0 Å². The molecule has 0 fully saturated rings. The second-order valence-corrected chi connectivity index (χ2v) is 2.80. The Bertz CT molecular complexity index is 103. The molecule has 0 radical (unpaired) electrons. The normalized spacial score (nSPS) is 13.3. The Balaban J connectivity index is 3.84. The van der Waals surface area contributed by atoms with Crippen LogP contribution in [0.4, 0.5) is 0 Å². The summed E-state index contributed by atoms with van der Waals surface area (Å²) in [7, 11) is 0. The highest BCUT2D eigenvalue weighted by atomic mass is 14.9. The minimum Gasteiger partial charge on any atom is -0.387 e. The van der Waals surface area contributed by atoms with Gasteiger partial charge in [-0.2, -0.15) is 0 Å². The van der Waals surface area contributed by atoms with Crippen molar-refractivity contribution in [2.75, 3.05) is 0 Å². The molecule has 0 aliphatic carbocycles. The lowest BCUT2D eigenvalue weighted by molar-refractivity contribution is 0.790. The number of amidine groups is 1. The number of nitrogens with two attached hydrogens (primary N) is 1. The third kappa shape index (κ3) is 4.01. The van der Waals surface area contributed by atoms with Gasteiger partial charge in [0.2, 0.25) is 0 Å². The number of aliphatic imine (C=N–C) groups is 1. The predicted octanol–water partition coefficient (Wildman–Crippen LogP) is 1.41. The molecule has 0 amide bonds. The van der Waals surface area contributed by atoms with Crippen LogP contribution in [0.25, 0.3) is 0 Å². The molecular weight excluding hydrogens is 112 g/mol. The molecule has 0 unspecified atom stereocenters. The van der Waals surface area contributed by atoms with E-state index in [2.05, 4.69) is 4.99 Å². The second kappa shape index (κ2) is 3.49. The molecule has 0 aromatic carbocycles. The zero-order valence-corrected chi connectivity index (χ0v) is 6.68. The maximum atomic E-state index is 5.57. The SMILES string of the molecule is CC(C)/N=C(/N)C(C)C. The molecule has 0 heterocycles. The first-order valence-corrected chi connectivity index (χ1v) is 3.37. The predicted molar refractivity (Wildman–Crippen MR) is 41.6 cm³/mol. The quantitative estimate of drug-likeness (QED) is 0.443. The lowest BCUT2D eigenvalue weighted by atomic mass is 10.2. The van der Waals surface area contributed by atoms with Crippen molar-refractivity contribution in [3.8, 4) is 0 Å². The van der Waals surface area contributed by atoms with E-state index < -0.39 is 0 Å². The molecule has 0 bridgehead atoms. The summed E-state index contributed by atoms with van der Waals surface area (Å²) in [6.07, 6.45) is 0. The molecule has 0 aromatic rings. The summed E-state index contributed by atoms with van der Waals surface area (Å²) in [5.74, 6) is 1.14. The van der Waals surface area contributed by atoms with Gasteiger partial charge in [0.25, 0.3) is 0 Å². The van der Waals surface area contributed by atoms with Gasteiger partial charge in [0, 0.05) is 12.0 Å². The first-order valence-electron chi connectivity index (χ1n) is 3.37. The monoisotopic (exact) mass is 128 g/mol. The van der Waals surface area contributed by atoms with E-state index in [9.17, 15) is 0 Å². The van der Waals surface area contributed by atoms with Crippen LogP contribution in [-0.4, -0.2) is 11.9 Å². The Kier molecular flexibility index (Phi) is 3.28. The third-order valence-corrected chi connectivity index (χ3v) is 0.999. The van der Waals surface area contributed by atoms with E-state index in [0.29, 0.717) is 12.0 Å². The molecule has 54 valence electrons. The standard InChI is InChI=1S/C7H16N2/c1-5(2)7(8)9-6(3)4/h5-6H,1-4H3,(H2,8,9). The van der Waals surface area contributed by atoms with Crippen molar-refractivity contribution >= 4 is 5.84 Å². The van der Waals surface area contributed by atoms with Gasteiger partial charge in [-0.1, -0.05) is 13.8 Å². The largest absolute Gasteiger partial charge is 0.387 e. The van der Waals surface area contributed by atoms with Crippen LogP contribution in [0, 0.1) is 5.92 Å². The third-order valence-electron chi connectivity index (χ3n) is 0.999. The van der Waals surface area contributed by atoms with Crippen molar-refractivity contribution in [1.29, 1.82) is 0 Å². The van der Waals surface area contributed by atoms with Gasteiger partial charge in [0.15, 0.2) is 0 Å². The van der Waals surface area contributed by atoms with Crippen LogP contribution in [0.15, 0.2) is 4.99 Å².